The lowest BCUT2D eigenvalue weighted by atomic mass is 10.2. The van der Waals surface area contributed by atoms with Crippen molar-refractivity contribution in [3.8, 4) is 5.75 Å². The molecule has 9 nitrogen and oxygen atoms in total. The zero-order valence-corrected chi connectivity index (χ0v) is 13.7. The summed E-state index contributed by atoms with van der Waals surface area (Å²) in [6.45, 7) is 2.17. The zero-order chi connectivity index (χ0) is 17.7. The molecular formula is C15H21N3O6. The molecule has 1 unspecified atom stereocenters. The minimum absolute atomic E-state index is 0.0504. The van der Waals surface area contributed by atoms with Crippen molar-refractivity contribution in [3.63, 3.8) is 0 Å². The lowest BCUT2D eigenvalue weighted by Gasteiger charge is -2.36. The summed E-state index contributed by atoms with van der Waals surface area (Å²) in [5.41, 5.74) is 0.735. The Bertz CT molecular complexity index is 609. The molecule has 9 heteroatoms. The summed E-state index contributed by atoms with van der Waals surface area (Å²) < 4.78 is 10.8. The number of likely N-dealkylation sites (N-methyl/N-ethyl adjacent to an activating group) is 1. The first-order chi connectivity index (χ1) is 11.4. The summed E-state index contributed by atoms with van der Waals surface area (Å²) >= 11 is 0. The van der Waals surface area contributed by atoms with Crippen LogP contribution in [-0.2, 0) is 9.53 Å². The van der Waals surface area contributed by atoms with Crippen molar-refractivity contribution in [1.82, 2.24) is 4.90 Å². The Morgan fingerprint density at radius 2 is 2.33 bits per heavy atom. The molecule has 1 atom stereocenters. The molecule has 2 rings (SSSR count). The Balaban J connectivity index is 2.06. The van der Waals surface area contributed by atoms with Gasteiger partial charge in [-0.05, 0) is 13.1 Å². The highest BCUT2D eigenvalue weighted by Gasteiger charge is 2.24. The molecule has 1 heterocycles. The molecule has 0 spiro atoms. The number of hydrogen-bond donors (Lipinski definition) is 1. The molecule has 0 aliphatic carbocycles. The van der Waals surface area contributed by atoms with Gasteiger partial charge in [0.1, 0.15) is 0 Å². The Morgan fingerprint density at radius 3 is 2.96 bits per heavy atom. The van der Waals surface area contributed by atoms with E-state index >= 15 is 0 Å². The average Bonchev–Trinajstić information content (AvgIpc) is 2.53. The molecule has 1 saturated heterocycles. The first kappa shape index (κ1) is 18.0. The van der Waals surface area contributed by atoms with Crippen molar-refractivity contribution in [1.29, 1.82) is 0 Å². The fourth-order valence-electron chi connectivity index (χ4n) is 2.72. The number of benzene rings is 1. The highest BCUT2D eigenvalue weighted by molar-refractivity contribution is 5.69. The molecule has 1 N–H and O–H groups in total. The maximum Gasteiger partial charge on any atom is 0.317 e. The second-order valence-corrected chi connectivity index (χ2v) is 5.64. The average molecular weight is 339 g/mol. The van der Waals surface area contributed by atoms with E-state index in [0.717, 1.165) is 5.69 Å². The molecule has 132 valence electrons. The third-order valence-corrected chi connectivity index (χ3v) is 3.78. The quantitative estimate of drug-likeness (QED) is 0.575. The van der Waals surface area contributed by atoms with Crippen molar-refractivity contribution < 1.29 is 24.3 Å². The van der Waals surface area contributed by atoms with Gasteiger partial charge < -0.3 is 19.5 Å². The molecule has 0 amide bonds. The summed E-state index contributed by atoms with van der Waals surface area (Å²) in [6, 6.07) is 4.75. The first-order valence-electron chi connectivity index (χ1n) is 7.50. The van der Waals surface area contributed by atoms with Crippen molar-refractivity contribution in [2.24, 2.45) is 0 Å². The predicted octanol–water partition coefficient (Wildman–Crippen LogP) is 0.825. The number of nitrogens with zero attached hydrogens (tertiary/aromatic N) is 3. The van der Waals surface area contributed by atoms with Crippen molar-refractivity contribution >= 4 is 17.3 Å². The zero-order valence-electron chi connectivity index (χ0n) is 13.7. The number of methoxy groups -OCH3 is 1. The summed E-state index contributed by atoms with van der Waals surface area (Å²) in [5.74, 6) is -0.672. The van der Waals surface area contributed by atoms with E-state index in [1.54, 1.807) is 24.1 Å². The Labute approximate surface area is 139 Å². The number of morpholine rings is 1. The molecular weight excluding hydrogens is 318 g/mol. The van der Waals surface area contributed by atoms with Gasteiger partial charge in [0.2, 0.25) is 0 Å². The lowest BCUT2D eigenvalue weighted by molar-refractivity contribution is -0.385. The summed E-state index contributed by atoms with van der Waals surface area (Å²) in [6.07, 6.45) is -0.135. The number of carbonyl (C=O) groups is 1. The Hall–Kier alpha value is -2.39. The van der Waals surface area contributed by atoms with Crippen LogP contribution in [0.15, 0.2) is 18.2 Å². The van der Waals surface area contributed by atoms with Gasteiger partial charge >= 0.3 is 11.7 Å². The number of nitro benzene ring substituents is 1. The number of ether oxygens (including phenoxy) is 2. The van der Waals surface area contributed by atoms with Crippen LogP contribution >= 0.6 is 0 Å². The Kier molecular flexibility index (Phi) is 5.93. The van der Waals surface area contributed by atoms with E-state index in [-0.39, 0.29) is 24.1 Å². The first-order valence-corrected chi connectivity index (χ1v) is 7.50. The smallest absolute Gasteiger partial charge is 0.317 e. The fraction of sp³-hybridized carbons (Fsp3) is 0.533. The van der Waals surface area contributed by atoms with Crippen LogP contribution in [0, 0.1) is 10.1 Å². The van der Waals surface area contributed by atoms with Gasteiger partial charge in [-0.3, -0.25) is 19.8 Å². The van der Waals surface area contributed by atoms with Crippen molar-refractivity contribution in [2.75, 3.05) is 51.8 Å². The predicted molar refractivity (Wildman–Crippen MR) is 86.7 cm³/mol. The molecule has 1 aliphatic heterocycles. The molecule has 0 radical (unpaired) electrons. The molecule has 1 aliphatic rings. The number of rotatable bonds is 7. The van der Waals surface area contributed by atoms with E-state index in [1.165, 1.54) is 13.2 Å². The number of carboxylic acids is 1. The van der Waals surface area contributed by atoms with Crippen LogP contribution in [0.1, 0.15) is 0 Å². The lowest BCUT2D eigenvalue weighted by Crippen LogP contribution is -2.47. The minimum Gasteiger partial charge on any atom is -0.490 e. The van der Waals surface area contributed by atoms with Crippen LogP contribution in [0.3, 0.4) is 0 Å². The molecule has 1 aromatic rings. The van der Waals surface area contributed by atoms with Crippen LogP contribution in [-0.4, -0.2) is 73.9 Å². The van der Waals surface area contributed by atoms with E-state index in [0.29, 0.717) is 26.2 Å². The summed E-state index contributed by atoms with van der Waals surface area (Å²) in [7, 11) is 3.13. The molecule has 0 bridgehead atoms. The fourth-order valence-corrected chi connectivity index (χ4v) is 2.72. The highest BCUT2D eigenvalue weighted by Crippen LogP contribution is 2.32. The van der Waals surface area contributed by atoms with Crippen LogP contribution in [0.4, 0.5) is 11.4 Å². The van der Waals surface area contributed by atoms with Gasteiger partial charge in [0, 0.05) is 37.5 Å². The van der Waals surface area contributed by atoms with Gasteiger partial charge in [0.05, 0.1) is 31.3 Å². The molecule has 1 aromatic carbocycles. The van der Waals surface area contributed by atoms with Crippen LogP contribution < -0.4 is 9.64 Å². The van der Waals surface area contributed by atoms with Crippen LogP contribution in [0.2, 0.25) is 0 Å². The number of anilines is 1. The van der Waals surface area contributed by atoms with Gasteiger partial charge in [0.15, 0.2) is 5.75 Å². The van der Waals surface area contributed by atoms with Crippen molar-refractivity contribution in [2.45, 2.75) is 6.10 Å². The second kappa shape index (κ2) is 7.93. The Morgan fingerprint density at radius 1 is 1.58 bits per heavy atom. The minimum atomic E-state index is -0.884. The number of carboxylic acid groups (broad SMARTS) is 1. The van der Waals surface area contributed by atoms with E-state index < -0.39 is 10.9 Å². The van der Waals surface area contributed by atoms with E-state index in [2.05, 4.69) is 4.90 Å². The summed E-state index contributed by atoms with van der Waals surface area (Å²) in [5, 5.41) is 19.8. The third-order valence-electron chi connectivity index (χ3n) is 3.78. The van der Waals surface area contributed by atoms with E-state index in [1.807, 2.05) is 0 Å². The summed E-state index contributed by atoms with van der Waals surface area (Å²) in [4.78, 5) is 25.0. The molecule has 0 saturated carbocycles. The highest BCUT2D eigenvalue weighted by atomic mass is 16.6. The number of nitro groups is 1. The maximum atomic E-state index is 11.0. The van der Waals surface area contributed by atoms with Gasteiger partial charge in [-0.25, -0.2) is 0 Å². The standard InChI is InChI=1S/C15H21N3O6/c1-16(10-15(19)20)8-12-9-17(5-6-24-12)11-3-4-13(18(21)22)14(7-11)23-2/h3-4,7,12H,5-6,8-10H2,1-2H3,(H,19,20). The second-order valence-electron chi connectivity index (χ2n) is 5.64. The van der Waals surface area contributed by atoms with Crippen LogP contribution in [0.5, 0.6) is 5.75 Å². The van der Waals surface area contributed by atoms with Gasteiger partial charge in [-0.2, -0.15) is 0 Å². The normalized spacial score (nSPS) is 17.8. The number of hydrogen-bond acceptors (Lipinski definition) is 7. The SMILES string of the molecule is COc1cc(N2CCOC(CN(C)CC(=O)O)C2)ccc1[N+](=O)[O-]. The van der Waals surface area contributed by atoms with Crippen LogP contribution in [0.25, 0.3) is 0 Å². The third kappa shape index (κ3) is 4.56. The maximum absolute atomic E-state index is 11.0. The van der Waals surface area contributed by atoms with Gasteiger partial charge in [0.25, 0.3) is 0 Å². The largest absolute Gasteiger partial charge is 0.490 e. The number of aliphatic carboxylic acids is 1. The molecule has 24 heavy (non-hydrogen) atoms. The molecule has 1 fully saturated rings. The monoisotopic (exact) mass is 339 g/mol. The van der Waals surface area contributed by atoms with E-state index in [9.17, 15) is 14.9 Å². The van der Waals surface area contributed by atoms with Crippen molar-refractivity contribution in [3.05, 3.63) is 28.3 Å². The molecule has 0 aromatic heterocycles. The van der Waals surface area contributed by atoms with E-state index in [4.69, 9.17) is 14.6 Å². The topological polar surface area (TPSA) is 105 Å². The van der Waals surface area contributed by atoms with Gasteiger partial charge in [-0.1, -0.05) is 0 Å². The van der Waals surface area contributed by atoms with Gasteiger partial charge in [-0.15, -0.1) is 0 Å².